The Morgan fingerprint density at radius 3 is 2.77 bits per heavy atom. The van der Waals surface area contributed by atoms with E-state index in [4.69, 9.17) is 4.74 Å². The SMILES string of the molecule is Cc1ccc2c(c1)OC(C(=O)Nc1nnc(SCc3ccccc3)s1)CN2S(C)(=O)=O. The number of benzene rings is 2. The number of nitrogens with zero attached hydrogens (tertiary/aromatic N) is 3. The van der Waals surface area contributed by atoms with E-state index in [0.717, 1.165) is 21.9 Å². The van der Waals surface area contributed by atoms with Crippen LogP contribution in [-0.4, -0.2) is 43.4 Å². The molecule has 11 heteroatoms. The Morgan fingerprint density at radius 2 is 2.03 bits per heavy atom. The van der Waals surface area contributed by atoms with E-state index in [1.165, 1.54) is 33.0 Å². The van der Waals surface area contributed by atoms with Gasteiger partial charge in [0.15, 0.2) is 10.4 Å². The molecule has 1 aliphatic rings. The van der Waals surface area contributed by atoms with Crippen molar-refractivity contribution in [1.82, 2.24) is 10.2 Å². The molecule has 1 aliphatic heterocycles. The van der Waals surface area contributed by atoms with Gasteiger partial charge in [-0.05, 0) is 30.2 Å². The van der Waals surface area contributed by atoms with Crippen molar-refractivity contribution in [3.63, 3.8) is 0 Å². The molecule has 0 spiro atoms. The van der Waals surface area contributed by atoms with E-state index in [1.807, 2.05) is 37.3 Å². The Morgan fingerprint density at radius 1 is 1.26 bits per heavy atom. The molecule has 4 rings (SSSR count). The number of aryl methyl sites for hydroxylation is 1. The average molecular weight is 477 g/mol. The molecule has 1 unspecified atom stereocenters. The van der Waals surface area contributed by atoms with Crippen molar-refractivity contribution in [2.75, 3.05) is 22.4 Å². The zero-order valence-corrected chi connectivity index (χ0v) is 19.3. The molecule has 0 saturated carbocycles. The monoisotopic (exact) mass is 476 g/mol. The average Bonchev–Trinajstić information content (AvgIpc) is 3.18. The van der Waals surface area contributed by atoms with Crippen LogP contribution in [0, 0.1) is 6.92 Å². The normalized spacial score (nSPS) is 15.8. The Hall–Kier alpha value is -2.63. The van der Waals surface area contributed by atoms with Crippen LogP contribution in [0.4, 0.5) is 10.8 Å². The van der Waals surface area contributed by atoms with Gasteiger partial charge >= 0.3 is 0 Å². The smallest absolute Gasteiger partial charge is 0.269 e. The first-order valence-electron chi connectivity index (χ1n) is 9.36. The highest BCUT2D eigenvalue weighted by molar-refractivity contribution is 8.00. The van der Waals surface area contributed by atoms with Gasteiger partial charge in [0.2, 0.25) is 15.2 Å². The summed E-state index contributed by atoms with van der Waals surface area (Å²) in [5.74, 6) is 0.624. The molecule has 3 aromatic rings. The molecule has 8 nitrogen and oxygen atoms in total. The van der Waals surface area contributed by atoms with E-state index in [0.29, 0.717) is 16.6 Å². The molecule has 0 fully saturated rings. The lowest BCUT2D eigenvalue weighted by molar-refractivity contribution is -0.122. The van der Waals surface area contributed by atoms with Gasteiger partial charge in [-0.1, -0.05) is 59.5 Å². The van der Waals surface area contributed by atoms with E-state index >= 15 is 0 Å². The Kier molecular flexibility index (Phi) is 6.17. The van der Waals surface area contributed by atoms with Crippen LogP contribution in [0.15, 0.2) is 52.9 Å². The number of amides is 1. The molecule has 1 atom stereocenters. The summed E-state index contributed by atoms with van der Waals surface area (Å²) in [5.41, 5.74) is 2.49. The van der Waals surface area contributed by atoms with E-state index in [9.17, 15) is 13.2 Å². The van der Waals surface area contributed by atoms with E-state index in [2.05, 4.69) is 15.5 Å². The van der Waals surface area contributed by atoms with Crippen LogP contribution in [-0.2, 0) is 20.6 Å². The van der Waals surface area contributed by atoms with Crippen molar-refractivity contribution in [2.24, 2.45) is 0 Å². The summed E-state index contributed by atoms with van der Waals surface area (Å²) < 4.78 is 32.3. The van der Waals surface area contributed by atoms with Crippen LogP contribution in [0.5, 0.6) is 5.75 Å². The van der Waals surface area contributed by atoms with Gasteiger partial charge in [0, 0.05) is 5.75 Å². The predicted molar refractivity (Wildman–Crippen MR) is 122 cm³/mol. The van der Waals surface area contributed by atoms with Crippen molar-refractivity contribution in [3.05, 3.63) is 59.7 Å². The second-order valence-electron chi connectivity index (χ2n) is 7.01. The van der Waals surface area contributed by atoms with E-state index < -0.39 is 22.0 Å². The molecule has 162 valence electrons. The van der Waals surface area contributed by atoms with Gasteiger partial charge in [0.1, 0.15) is 5.75 Å². The van der Waals surface area contributed by atoms with Gasteiger partial charge in [-0.25, -0.2) is 8.42 Å². The summed E-state index contributed by atoms with van der Waals surface area (Å²) in [6, 6.07) is 15.2. The van der Waals surface area contributed by atoms with Crippen molar-refractivity contribution < 1.29 is 17.9 Å². The second kappa shape index (κ2) is 8.85. The zero-order chi connectivity index (χ0) is 22.0. The number of sulfonamides is 1. The summed E-state index contributed by atoms with van der Waals surface area (Å²) in [7, 11) is -3.58. The highest BCUT2D eigenvalue weighted by atomic mass is 32.2. The van der Waals surface area contributed by atoms with Gasteiger partial charge < -0.3 is 4.74 Å². The van der Waals surface area contributed by atoms with Crippen LogP contribution in [0.3, 0.4) is 0 Å². The number of aromatic nitrogens is 2. The minimum Gasteiger partial charge on any atom is -0.476 e. The van der Waals surface area contributed by atoms with Gasteiger partial charge in [0.25, 0.3) is 5.91 Å². The third kappa shape index (κ3) is 5.17. The topological polar surface area (TPSA) is 101 Å². The maximum absolute atomic E-state index is 12.8. The number of carbonyl (C=O) groups excluding carboxylic acids is 1. The maximum Gasteiger partial charge on any atom is 0.269 e. The van der Waals surface area contributed by atoms with Crippen LogP contribution < -0.4 is 14.4 Å². The first kappa shape index (κ1) is 21.6. The molecule has 2 heterocycles. The molecular weight excluding hydrogens is 456 g/mol. The molecule has 0 saturated heterocycles. The largest absolute Gasteiger partial charge is 0.476 e. The minimum atomic E-state index is -3.58. The molecule has 2 aromatic carbocycles. The fourth-order valence-corrected chi connectivity index (χ4v) is 5.66. The van der Waals surface area contributed by atoms with Crippen LogP contribution in [0.1, 0.15) is 11.1 Å². The van der Waals surface area contributed by atoms with Gasteiger partial charge in [0.05, 0.1) is 18.5 Å². The second-order valence-corrected chi connectivity index (χ2v) is 11.1. The summed E-state index contributed by atoms with van der Waals surface area (Å²) in [6.07, 6.45) is 0.103. The summed E-state index contributed by atoms with van der Waals surface area (Å²) in [5, 5.41) is 11.2. The van der Waals surface area contributed by atoms with E-state index in [-0.39, 0.29) is 6.54 Å². The summed E-state index contributed by atoms with van der Waals surface area (Å²) in [4.78, 5) is 12.8. The number of fused-ring (bicyclic) bond motifs is 1. The van der Waals surface area contributed by atoms with Gasteiger partial charge in [-0.2, -0.15) is 0 Å². The number of ether oxygens (including phenoxy) is 1. The highest BCUT2D eigenvalue weighted by Gasteiger charge is 2.35. The molecule has 1 N–H and O–H groups in total. The lowest BCUT2D eigenvalue weighted by Crippen LogP contribution is -2.48. The lowest BCUT2D eigenvalue weighted by atomic mass is 10.1. The Bertz CT molecular complexity index is 1200. The number of nitrogens with one attached hydrogen (secondary N) is 1. The van der Waals surface area contributed by atoms with Crippen LogP contribution >= 0.6 is 23.1 Å². The van der Waals surface area contributed by atoms with Crippen LogP contribution in [0.2, 0.25) is 0 Å². The Labute approximate surface area is 188 Å². The fraction of sp³-hybridized carbons (Fsp3) is 0.250. The molecule has 0 aliphatic carbocycles. The minimum absolute atomic E-state index is 0.116. The maximum atomic E-state index is 12.8. The number of rotatable bonds is 6. The molecule has 0 bridgehead atoms. The fourth-order valence-electron chi connectivity index (χ4n) is 3.04. The van der Waals surface area contributed by atoms with Crippen molar-refractivity contribution in [2.45, 2.75) is 23.1 Å². The number of carbonyl (C=O) groups is 1. The number of anilines is 2. The van der Waals surface area contributed by atoms with Crippen molar-refractivity contribution >= 4 is 49.8 Å². The third-order valence-corrected chi connectivity index (χ3v) is 7.71. The number of hydrogen-bond acceptors (Lipinski definition) is 8. The molecule has 1 aromatic heterocycles. The lowest BCUT2D eigenvalue weighted by Gasteiger charge is -2.33. The van der Waals surface area contributed by atoms with Crippen molar-refractivity contribution in [1.29, 1.82) is 0 Å². The quantitative estimate of drug-likeness (QED) is 0.430. The highest BCUT2D eigenvalue weighted by Crippen LogP contribution is 2.36. The van der Waals surface area contributed by atoms with Crippen molar-refractivity contribution in [3.8, 4) is 5.75 Å². The van der Waals surface area contributed by atoms with Crippen LogP contribution in [0.25, 0.3) is 0 Å². The zero-order valence-electron chi connectivity index (χ0n) is 16.8. The van der Waals surface area contributed by atoms with Gasteiger partial charge in [-0.3, -0.25) is 14.4 Å². The summed E-state index contributed by atoms with van der Waals surface area (Å²) >= 11 is 2.79. The summed E-state index contributed by atoms with van der Waals surface area (Å²) in [6.45, 7) is 1.75. The first-order chi connectivity index (χ1) is 14.8. The molecule has 0 radical (unpaired) electrons. The molecule has 31 heavy (non-hydrogen) atoms. The third-order valence-electron chi connectivity index (χ3n) is 4.52. The predicted octanol–water partition coefficient (Wildman–Crippen LogP) is 3.30. The van der Waals surface area contributed by atoms with Gasteiger partial charge in [-0.15, -0.1) is 10.2 Å². The Balaban J connectivity index is 1.44. The van der Waals surface area contributed by atoms with E-state index in [1.54, 1.807) is 18.2 Å². The standard InChI is InChI=1S/C20H20N4O4S3/c1-13-8-9-15-16(10-13)28-17(11-24(15)31(2,26)27)18(25)21-19-22-23-20(30-19)29-12-14-6-4-3-5-7-14/h3-10,17H,11-12H2,1-2H3,(H,21,22,25). The first-order valence-corrected chi connectivity index (χ1v) is 13.0. The number of thioether (sulfide) groups is 1. The molecular formula is C20H20N4O4S3. The number of hydrogen-bond donors (Lipinski definition) is 1. The molecule has 1 amide bonds.